The number of thiophene rings is 1. The molecule has 12 rings (SSSR count). The van der Waals surface area contributed by atoms with Crippen molar-refractivity contribution < 1.29 is 4.42 Å². The van der Waals surface area contributed by atoms with Crippen molar-refractivity contribution in [3.63, 3.8) is 0 Å². The first kappa shape index (κ1) is 35.2. The van der Waals surface area contributed by atoms with Gasteiger partial charge in [0.15, 0.2) is 0 Å². The van der Waals surface area contributed by atoms with E-state index in [0.29, 0.717) is 0 Å². The monoisotopic (exact) mass is 795 g/mol. The Morgan fingerprint density at radius 1 is 0.328 bits per heavy atom. The lowest BCUT2D eigenvalue weighted by molar-refractivity contribution is 0.669. The molecule has 61 heavy (non-hydrogen) atoms. The average Bonchev–Trinajstić information content (AvgIpc) is 3.89. The lowest BCUT2D eigenvalue weighted by atomic mass is 9.91. The van der Waals surface area contributed by atoms with Crippen molar-refractivity contribution >= 4 is 81.3 Å². The summed E-state index contributed by atoms with van der Waals surface area (Å²) in [5.41, 5.74) is 14.6. The second-order valence-electron chi connectivity index (χ2n) is 15.7. The summed E-state index contributed by atoms with van der Waals surface area (Å²) in [5.74, 6) is 0. The normalized spacial score (nSPS) is 11.6. The number of hydrogen-bond donors (Lipinski definition) is 0. The van der Waals surface area contributed by atoms with E-state index >= 15 is 0 Å². The molecule has 2 nitrogen and oxygen atoms in total. The molecule has 2 heterocycles. The first-order valence-corrected chi connectivity index (χ1v) is 21.6. The van der Waals surface area contributed by atoms with Crippen LogP contribution in [-0.2, 0) is 0 Å². The van der Waals surface area contributed by atoms with Crippen molar-refractivity contribution in [2.24, 2.45) is 0 Å². The maximum atomic E-state index is 6.44. The van der Waals surface area contributed by atoms with Gasteiger partial charge in [-0.1, -0.05) is 164 Å². The van der Waals surface area contributed by atoms with Crippen LogP contribution in [0.5, 0.6) is 0 Å². The summed E-state index contributed by atoms with van der Waals surface area (Å²) in [5, 5.41) is 7.18. The van der Waals surface area contributed by atoms with Crippen molar-refractivity contribution in [3.8, 4) is 44.5 Å². The summed E-state index contributed by atoms with van der Waals surface area (Å²) < 4.78 is 8.99. The second-order valence-corrected chi connectivity index (χ2v) is 16.7. The van der Waals surface area contributed by atoms with E-state index in [1.54, 1.807) is 0 Å². The topological polar surface area (TPSA) is 16.4 Å². The van der Waals surface area contributed by atoms with Crippen molar-refractivity contribution in [2.45, 2.75) is 0 Å². The first-order valence-electron chi connectivity index (χ1n) is 20.7. The van der Waals surface area contributed by atoms with Crippen molar-refractivity contribution in [2.75, 3.05) is 4.90 Å². The van der Waals surface area contributed by atoms with Gasteiger partial charge >= 0.3 is 0 Å². The summed E-state index contributed by atoms with van der Waals surface area (Å²) in [6, 6.07) is 81.2. The minimum absolute atomic E-state index is 0.890. The van der Waals surface area contributed by atoms with E-state index in [4.69, 9.17) is 4.42 Å². The largest absolute Gasteiger partial charge is 0.456 e. The summed E-state index contributed by atoms with van der Waals surface area (Å²) in [4.78, 5) is 2.45. The Kier molecular flexibility index (Phi) is 8.39. The molecule has 0 saturated heterocycles. The van der Waals surface area contributed by atoms with E-state index in [1.807, 2.05) is 11.3 Å². The molecule has 0 saturated carbocycles. The highest BCUT2D eigenvalue weighted by molar-refractivity contribution is 7.26. The van der Waals surface area contributed by atoms with Crippen LogP contribution in [0, 0.1) is 0 Å². The van der Waals surface area contributed by atoms with Gasteiger partial charge in [-0.25, -0.2) is 0 Å². The highest BCUT2D eigenvalue weighted by Crippen LogP contribution is 2.48. The number of anilines is 3. The Morgan fingerprint density at radius 3 is 1.77 bits per heavy atom. The van der Waals surface area contributed by atoms with Crippen LogP contribution < -0.4 is 4.90 Å². The number of fused-ring (bicyclic) bond motifs is 7. The molecule has 286 valence electrons. The molecule has 0 aliphatic rings. The van der Waals surface area contributed by atoms with Crippen molar-refractivity contribution in [3.05, 3.63) is 224 Å². The Bertz CT molecular complexity index is 3580. The van der Waals surface area contributed by atoms with Crippen LogP contribution in [0.15, 0.2) is 229 Å². The third-order valence-electron chi connectivity index (χ3n) is 12.1. The van der Waals surface area contributed by atoms with Gasteiger partial charge in [0.2, 0.25) is 0 Å². The Labute approximate surface area is 357 Å². The zero-order valence-corrected chi connectivity index (χ0v) is 33.9. The third kappa shape index (κ3) is 6.09. The number of rotatable bonds is 7. The number of benzene rings is 10. The summed E-state index contributed by atoms with van der Waals surface area (Å²) in [6.45, 7) is 0. The molecule has 0 aliphatic carbocycles. The lowest BCUT2D eigenvalue weighted by Crippen LogP contribution is -2.11. The SMILES string of the molecule is c1ccc(-c2ccc(-c3ccc(N(c4ccccc4-c4ccc5oc6cc7ccccc7cc6c5c4)c4cccc5c4sc4ccccc45)cc3)cc2-c2ccccc2)cc1. The quantitative estimate of drug-likeness (QED) is 0.160. The zero-order valence-electron chi connectivity index (χ0n) is 33.1. The van der Waals surface area contributed by atoms with E-state index in [2.05, 4.69) is 229 Å². The fourth-order valence-corrected chi connectivity index (χ4v) is 10.3. The minimum Gasteiger partial charge on any atom is -0.456 e. The fraction of sp³-hybridized carbons (Fsp3) is 0. The predicted octanol–water partition coefficient (Wildman–Crippen LogP) is 17.2. The maximum absolute atomic E-state index is 6.44. The lowest BCUT2D eigenvalue weighted by Gasteiger charge is -2.28. The van der Waals surface area contributed by atoms with Gasteiger partial charge in [0.1, 0.15) is 11.2 Å². The Balaban J connectivity index is 1.02. The third-order valence-corrected chi connectivity index (χ3v) is 13.3. The van der Waals surface area contributed by atoms with Crippen molar-refractivity contribution in [1.29, 1.82) is 0 Å². The highest BCUT2D eigenvalue weighted by atomic mass is 32.1. The molecule has 0 bridgehead atoms. The van der Waals surface area contributed by atoms with Crippen LogP contribution >= 0.6 is 11.3 Å². The van der Waals surface area contributed by atoms with Crippen LogP contribution in [0.1, 0.15) is 0 Å². The summed E-state index contributed by atoms with van der Waals surface area (Å²) in [6.07, 6.45) is 0. The second kappa shape index (κ2) is 14.5. The molecule has 10 aromatic carbocycles. The summed E-state index contributed by atoms with van der Waals surface area (Å²) in [7, 11) is 0. The van der Waals surface area contributed by atoms with Gasteiger partial charge in [-0.2, -0.15) is 0 Å². The van der Waals surface area contributed by atoms with Gasteiger partial charge in [0, 0.05) is 37.5 Å². The number of hydrogen-bond acceptors (Lipinski definition) is 3. The van der Waals surface area contributed by atoms with E-state index < -0.39 is 0 Å². The minimum atomic E-state index is 0.890. The van der Waals surface area contributed by atoms with Gasteiger partial charge in [-0.15, -0.1) is 11.3 Å². The molecule has 0 N–H and O–H groups in total. The van der Waals surface area contributed by atoms with Crippen LogP contribution in [0.25, 0.3) is 97.4 Å². The molecule has 12 aromatic rings. The fourth-order valence-electron chi connectivity index (χ4n) is 9.11. The molecule has 2 aromatic heterocycles. The molecule has 3 heteroatoms. The molecule has 0 radical (unpaired) electrons. The smallest absolute Gasteiger partial charge is 0.136 e. The standard InChI is InChI=1S/C58H37NOS/c1-3-14-39(15-4-1)46-32-28-43(34-50(46)40-16-5-2-6-17-40)38-26-30-45(31-27-38)59(54-24-13-22-49-48-21-10-12-25-57(48)61-58(49)54)53-23-11-9-20-47(53)44-29-33-55-51(36-44)52-35-41-18-7-8-19-42(41)37-56(52)60-55/h1-37H. The van der Waals surface area contributed by atoms with Gasteiger partial charge in [0.25, 0.3) is 0 Å². The van der Waals surface area contributed by atoms with Gasteiger partial charge in [-0.3, -0.25) is 0 Å². The van der Waals surface area contributed by atoms with E-state index in [1.165, 1.54) is 64.3 Å². The molecular weight excluding hydrogens is 759 g/mol. The van der Waals surface area contributed by atoms with Crippen molar-refractivity contribution in [1.82, 2.24) is 0 Å². The molecule has 0 amide bonds. The highest BCUT2D eigenvalue weighted by Gasteiger charge is 2.22. The van der Waals surface area contributed by atoms with Gasteiger partial charge in [0.05, 0.1) is 16.1 Å². The van der Waals surface area contributed by atoms with Crippen LogP contribution in [0.2, 0.25) is 0 Å². The summed E-state index contributed by atoms with van der Waals surface area (Å²) >= 11 is 1.86. The van der Waals surface area contributed by atoms with Gasteiger partial charge in [-0.05, 0) is 110 Å². The average molecular weight is 796 g/mol. The molecule has 0 fully saturated rings. The van der Waals surface area contributed by atoms with E-state index in [-0.39, 0.29) is 0 Å². The Hall–Kier alpha value is -7.72. The molecule has 0 unspecified atom stereocenters. The van der Waals surface area contributed by atoms with E-state index in [9.17, 15) is 0 Å². The molecular formula is C58H37NOS. The first-order chi connectivity index (χ1) is 30.2. The van der Waals surface area contributed by atoms with Crippen LogP contribution in [0.3, 0.4) is 0 Å². The van der Waals surface area contributed by atoms with E-state index in [0.717, 1.165) is 50.1 Å². The Morgan fingerprint density at radius 2 is 0.951 bits per heavy atom. The molecule has 0 aliphatic heterocycles. The molecule has 0 atom stereocenters. The van der Waals surface area contributed by atoms with Crippen LogP contribution in [-0.4, -0.2) is 0 Å². The number of nitrogens with zero attached hydrogens (tertiary/aromatic N) is 1. The van der Waals surface area contributed by atoms with Gasteiger partial charge < -0.3 is 9.32 Å². The van der Waals surface area contributed by atoms with Crippen LogP contribution in [0.4, 0.5) is 17.1 Å². The number of para-hydroxylation sites is 1. The zero-order chi connectivity index (χ0) is 40.3. The number of furan rings is 1. The predicted molar refractivity (Wildman–Crippen MR) is 261 cm³/mol. The molecule has 0 spiro atoms. The maximum Gasteiger partial charge on any atom is 0.136 e.